The van der Waals surface area contributed by atoms with Crippen LogP contribution in [0.1, 0.15) is 24.0 Å². The van der Waals surface area contributed by atoms with Crippen LogP contribution in [0.4, 0.5) is 0 Å². The van der Waals surface area contributed by atoms with E-state index in [-0.39, 0.29) is 11.2 Å². The summed E-state index contributed by atoms with van der Waals surface area (Å²) in [4.78, 5) is 2.31. The van der Waals surface area contributed by atoms with Gasteiger partial charge in [0.05, 0.1) is 6.54 Å². The summed E-state index contributed by atoms with van der Waals surface area (Å²) in [5.74, 6) is 4.41. The van der Waals surface area contributed by atoms with Crippen LogP contribution in [0.15, 0.2) is 42.5 Å². The lowest BCUT2D eigenvalue weighted by molar-refractivity contribution is 0.187. The van der Waals surface area contributed by atoms with Crippen molar-refractivity contribution in [1.29, 1.82) is 0 Å². The van der Waals surface area contributed by atoms with Crippen LogP contribution in [0.3, 0.4) is 0 Å². The molecule has 0 bridgehead atoms. The van der Waals surface area contributed by atoms with E-state index in [1.54, 1.807) is 6.07 Å². The molecule has 0 atom stereocenters. The smallest absolute Gasteiger partial charge is 0.173 e. The van der Waals surface area contributed by atoms with E-state index in [0.717, 1.165) is 37.2 Å². The van der Waals surface area contributed by atoms with Gasteiger partial charge in [0.2, 0.25) is 0 Å². The van der Waals surface area contributed by atoms with Crippen molar-refractivity contribution in [1.82, 2.24) is 4.90 Å². The number of hydrogen-bond donors (Lipinski definition) is 1. The first-order chi connectivity index (χ1) is 11.2. The number of phenolic OH excluding ortho intramolecular Hbond substituents is 1. The third kappa shape index (κ3) is 2.10. The number of rotatable bonds is 1. The molecule has 0 aromatic heterocycles. The minimum absolute atomic E-state index is 0.103. The van der Waals surface area contributed by atoms with Crippen molar-refractivity contribution >= 4 is 0 Å². The van der Waals surface area contributed by atoms with Crippen LogP contribution in [0, 0.1) is 12.3 Å². The summed E-state index contributed by atoms with van der Waals surface area (Å²) < 4.78 is 6.01. The number of terminal acetylenes is 1. The van der Waals surface area contributed by atoms with Crippen molar-refractivity contribution in [3.8, 4) is 29.6 Å². The second kappa shape index (κ2) is 5.33. The molecule has 1 saturated heterocycles. The van der Waals surface area contributed by atoms with Gasteiger partial charge in [0.1, 0.15) is 5.75 Å². The van der Waals surface area contributed by atoms with E-state index in [4.69, 9.17) is 11.2 Å². The third-order valence-electron chi connectivity index (χ3n) is 5.15. The molecule has 23 heavy (non-hydrogen) atoms. The molecule has 4 rings (SSSR count). The standard InChI is InChI=1S/C20H19NO2/c1-2-12-21-13-10-20(11-14-21)15-6-3-4-9-18(15)23-19-16(20)7-5-8-17(19)22/h1,3-9,22H,10-14H2. The van der Waals surface area contributed by atoms with E-state index in [0.29, 0.717) is 12.3 Å². The van der Waals surface area contributed by atoms with E-state index in [1.807, 2.05) is 18.2 Å². The van der Waals surface area contributed by atoms with Crippen LogP contribution in [0.5, 0.6) is 17.2 Å². The molecular weight excluding hydrogens is 286 g/mol. The molecule has 2 aliphatic heterocycles. The topological polar surface area (TPSA) is 32.7 Å². The average Bonchev–Trinajstić information content (AvgIpc) is 2.58. The highest BCUT2D eigenvalue weighted by molar-refractivity contribution is 5.61. The monoisotopic (exact) mass is 305 g/mol. The minimum atomic E-state index is -0.103. The fraction of sp³-hybridized carbons (Fsp3) is 0.300. The van der Waals surface area contributed by atoms with Crippen molar-refractivity contribution in [2.45, 2.75) is 18.3 Å². The predicted octanol–water partition coefficient (Wildman–Crippen LogP) is 3.51. The van der Waals surface area contributed by atoms with E-state index in [9.17, 15) is 5.11 Å². The summed E-state index contributed by atoms with van der Waals surface area (Å²) >= 11 is 0. The molecule has 1 spiro atoms. The van der Waals surface area contributed by atoms with Crippen LogP contribution in [0.2, 0.25) is 0 Å². The number of ether oxygens (including phenoxy) is 1. The highest BCUT2D eigenvalue weighted by atomic mass is 16.5. The molecule has 3 nitrogen and oxygen atoms in total. The van der Waals surface area contributed by atoms with Crippen LogP contribution in [-0.2, 0) is 5.41 Å². The lowest BCUT2D eigenvalue weighted by Crippen LogP contribution is -2.44. The van der Waals surface area contributed by atoms with Gasteiger partial charge in [-0.25, -0.2) is 0 Å². The Balaban J connectivity index is 1.84. The van der Waals surface area contributed by atoms with Crippen molar-refractivity contribution in [3.63, 3.8) is 0 Å². The molecule has 1 fully saturated rings. The maximum Gasteiger partial charge on any atom is 0.173 e. The molecule has 0 aliphatic carbocycles. The average molecular weight is 305 g/mol. The zero-order chi connectivity index (χ0) is 15.9. The number of aromatic hydroxyl groups is 1. The van der Waals surface area contributed by atoms with Gasteiger partial charge in [-0.05, 0) is 25.0 Å². The minimum Gasteiger partial charge on any atom is -0.504 e. The Morgan fingerprint density at radius 1 is 1.09 bits per heavy atom. The first-order valence-corrected chi connectivity index (χ1v) is 8.00. The summed E-state index contributed by atoms with van der Waals surface area (Å²) in [5.41, 5.74) is 2.21. The molecule has 0 unspecified atom stereocenters. The number of phenols is 1. The van der Waals surface area contributed by atoms with Gasteiger partial charge in [-0.2, -0.15) is 0 Å². The Hall–Kier alpha value is -2.44. The molecule has 1 N–H and O–H groups in total. The normalized spacial score (nSPS) is 18.6. The SMILES string of the molecule is C#CCN1CCC2(CC1)c1ccccc1Oc1c(O)cccc12. The fourth-order valence-electron chi connectivity index (χ4n) is 3.98. The second-order valence-electron chi connectivity index (χ2n) is 6.31. The van der Waals surface area contributed by atoms with Crippen LogP contribution < -0.4 is 4.74 Å². The Bertz CT molecular complexity index is 782. The molecule has 2 aliphatic rings. The van der Waals surface area contributed by atoms with E-state index in [2.05, 4.69) is 29.0 Å². The van der Waals surface area contributed by atoms with Crippen molar-refractivity contribution in [3.05, 3.63) is 53.6 Å². The maximum atomic E-state index is 10.3. The highest BCUT2D eigenvalue weighted by Gasteiger charge is 2.44. The Morgan fingerprint density at radius 3 is 2.61 bits per heavy atom. The fourth-order valence-corrected chi connectivity index (χ4v) is 3.98. The number of fused-ring (bicyclic) bond motifs is 4. The molecule has 116 valence electrons. The van der Waals surface area contributed by atoms with Gasteiger partial charge in [-0.1, -0.05) is 36.3 Å². The van der Waals surface area contributed by atoms with E-state index < -0.39 is 0 Å². The number of hydrogen-bond acceptors (Lipinski definition) is 3. The number of benzene rings is 2. The summed E-state index contributed by atoms with van der Waals surface area (Å²) in [6.45, 7) is 2.60. The molecule has 2 heterocycles. The molecule has 0 amide bonds. The van der Waals surface area contributed by atoms with Gasteiger partial charge in [0.15, 0.2) is 11.5 Å². The Kier molecular flexibility index (Phi) is 3.28. The van der Waals surface area contributed by atoms with Gasteiger partial charge in [-0.3, -0.25) is 4.90 Å². The molecule has 2 aromatic carbocycles. The van der Waals surface area contributed by atoms with Crippen molar-refractivity contribution in [2.24, 2.45) is 0 Å². The molecule has 3 heteroatoms. The zero-order valence-corrected chi connectivity index (χ0v) is 13.0. The van der Waals surface area contributed by atoms with Crippen LogP contribution in [-0.4, -0.2) is 29.6 Å². The quantitative estimate of drug-likeness (QED) is 0.818. The largest absolute Gasteiger partial charge is 0.504 e. The van der Waals surface area contributed by atoms with E-state index in [1.165, 1.54) is 5.56 Å². The lowest BCUT2D eigenvalue weighted by Gasteiger charge is -2.45. The van der Waals surface area contributed by atoms with Crippen molar-refractivity contribution in [2.75, 3.05) is 19.6 Å². The van der Waals surface area contributed by atoms with Gasteiger partial charge >= 0.3 is 0 Å². The maximum absolute atomic E-state index is 10.3. The lowest BCUT2D eigenvalue weighted by atomic mass is 9.66. The Morgan fingerprint density at radius 2 is 1.83 bits per heavy atom. The van der Waals surface area contributed by atoms with Gasteiger partial charge in [0, 0.05) is 29.6 Å². The number of nitrogens with zero attached hydrogens (tertiary/aromatic N) is 1. The molecule has 0 radical (unpaired) electrons. The molecule has 2 aromatic rings. The van der Waals surface area contributed by atoms with Crippen LogP contribution in [0.25, 0.3) is 0 Å². The first kappa shape index (κ1) is 14.2. The summed E-state index contributed by atoms with van der Waals surface area (Å²) in [6.07, 6.45) is 7.41. The zero-order valence-electron chi connectivity index (χ0n) is 13.0. The summed E-state index contributed by atoms with van der Waals surface area (Å²) in [7, 11) is 0. The Labute approximate surface area is 136 Å². The third-order valence-corrected chi connectivity index (χ3v) is 5.15. The number of para-hydroxylation sites is 2. The first-order valence-electron chi connectivity index (χ1n) is 8.00. The highest BCUT2D eigenvalue weighted by Crippen LogP contribution is 2.55. The summed E-state index contributed by atoms with van der Waals surface area (Å²) in [6, 6.07) is 13.9. The second-order valence-corrected chi connectivity index (χ2v) is 6.31. The summed E-state index contributed by atoms with van der Waals surface area (Å²) in [5, 5.41) is 10.3. The number of piperidine rings is 1. The molecular formula is C20H19NO2. The number of likely N-dealkylation sites (tertiary alicyclic amines) is 1. The van der Waals surface area contributed by atoms with Crippen LogP contribution >= 0.6 is 0 Å². The van der Waals surface area contributed by atoms with Gasteiger partial charge in [-0.15, -0.1) is 6.42 Å². The van der Waals surface area contributed by atoms with Gasteiger partial charge in [0.25, 0.3) is 0 Å². The van der Waals surface area contributed by atoms with E-state index >= 15 is 0 Å². The predicted molar refractivity (Wildman–Crippen MR) is 89.9 cm³/mol. The van der Waals surface area contributed by atoms with Crippen molar-refractivity contribution < 1.29 is 9.84 Å². The molecule has 0 saturated carbocycles. The van der Waals surface area contributed by atoms with Gasteiger partial charge < -0.3 is 9.84 Å².